The Hall–Kier alpha value is -2.75. The van der Waals surface area contributed by atoms with E-state index >= 15 is 0 Å². The zero-order valence-electron chi connectivity index (χ0n) is 16.5. The molecule has 1 aliphatic rings. The summed E-state index contributed by atoms with van der Waals surface area (Å²) >= 11 is 0. The van der Waals surface area contributed by atoms with E-state index in [1.54, 1.807) is 39.2 Å². The van der Waals surface area contributed by atoms with Crippen LogP contribution in [0.15, 0.2) is 54.7 Å². The van der Waals surface area contributed by atoms with Crippen LogP contribution >= 0.6 is 0 Å². The lowest BCUT2D eigenvalue weighted by atomic mass is 10.0. The van der Waals surface area contributed by atoms with Crippen molar-refractivity contribution in [2.45, 2.75) is 40.4 Å². The van der Waals surface area contributed by atoms with E-state index in [0.717, 1.165) is 11.1 Å². The molecule has 1 aliphatic heterocycles. The normalized spacial score (nSPS) is 15.6. The van der Waals surface area contributed by atoms with Crippen LogP contribution in [0.25, 0.3) is 6.08 Å². The fourth-order valence-corrected chi connectivity index (χ4v) is 2.31. The molecule has 1 aromatic rings. The summed E-state index contributed by atoms with van der Waals surface area (Å²) in [5.74, 6) is -0.307. The SMILES string of the molecule is C=C/C=C\C(C=Cc1cc2c(cc1OC)OC(C)(C)OC2=O)=C/C.CC. The van der Waals surface area contributed by atoms with Gasteiger partial charge in [0.2, 0.25) is 5.79 Å². The van der Waals surface area contributed by atoms with Crippen LogP contribution in [0, 0.1) is 0 Å². The molecule has 1 aromatic carbocycles. The molecule has 0 spiro atoms. The van der Waals surface area contributed by atoms with E-state index in [1.807, 2.05) is 51.2 Å². The lowest BCUT2D eigenvalue weighted by molar-refractivity contribution is -0.127. The number of rotatable bonds is 5. The van der Waals surface area contributed by atoms with Crippen molar-refractivity contribution in [2.75, 3.05) is 7.11 Å². The maximum Gasteiger partial charge on any atom is 0.345 e. The highest BCUT2D eigenvalue weighted by molar-refractivity contribution is 5.95. The van der Waals surface area contributed by atoms with Crippen LogP contribution in [0.3, 0.4) is 0 Å². The molecule has 0 fully saturated rings. The fraction of sp³-hybridized carbons (Fsp3) is 0.318. The minimum Gasteiger partial charge on any atom is -0.496 e. The summed E-state index contributed by atoms with van der Waals surface area (Å²) in [7, 11) is 1.58. The summed E-state index contributed by atoms with van der Waals surface area (Å²) < 4.78 is 16.4. The lowest BCUT2D eigenvalue weighted by Crippen LogP contribution is -2.38. The van der Waals surface area contributed by atoms with Crippen LogP contribution in [-0.2, 0) is 4.74 Å². The molecule has 140 valence electrons. The number of methoxy groups -OCH3 is 1. The van der Waals surface area contributed by atoms with Gasteiger partial charge in [0.05, 0.1) is 7.11 Å². The van der Waals surface area contributed by atoms with Gasteiger partial charge >= 0.3 is 5.97 Å². The summed E-state index contributed by atoms with van der Waals surface area (Å²) in [5, 5.41) is 0. The van der Waals surface area contributed by atoms with Gasteiger partial charge in [-0.05, 0) is 18.6 Å². The topological polar surface area (TPSA) is 44.8 Å². The molecule has 0 bridgehead atoms. The van der Waals surface area contributed by atoms with Gasteiger partial charge in [0.1, 0.15) is 17.1 Å². The second kappa shape index (κ2) is 9.66. The van der Waals surface area contributed by atoms with Crippen LogP contribution in [0.1, 0.15) is 50.5 Å². The molecule has 0 N–H and O–H groups in total. The molecule has 1 heterocycles. The molecule has 4 nitrogen and oxygen atoms in total. The molecule has 0 atom stereocenters. The summed E-state index contributed by atoms with van der Waals surface area (Å²) in [6.45, 7) is 13.0. The Morgan fingerprint density at radius 3 is 2.46 bits per heavy atom. The van der Waals surface area contributed by atoms with E-state index in [9.17, 15) is 4.79 Å². The van der Waals surface area contributed by atoms with Crippen molar-refractivity contribution < 1.29 is 19.0 Å². The largest absolute Gasteiger partial charge is 0.496 e. The monoisotopic (exact) mass is 356 g/mol. The molecule has 2 rings (SSSR count). The number of allylic oxidation sites excluding steroid dienone is 6. The highest BCUT2D eigenvalue weighted by Crippen LogP contribution is 2.36. The first-order valence-electron chi connectivity index (χ1n) is 8.68. The number of hydrogen-bond acceptors (Lipinski definition) is 4. The third-order valence-corrected chi connectivity index (χ3v) is 3.46. The van der Waals surface area contributed by atoms with Gasteiger partial charge in [-0.1, -0.05) is 56.9 Å². The third kappa shape index (κ3) is 5.38. The van der Waals surface area contributed by atoms with E-state index in [1.165, 1.54) is 0 Å². The van der Waals surface area contributed by atoms with Gasteiger partial charge < -0.3 is 14.2 Å². The van der Waals surface area contributed by atoms with E-state index in [2.05, 4.69) is 6.58 Å². The summed E-state index contributed by atoms with van der Waals surface area (Å²) in [6.07, 6.45) is 11.3. The summed E-state index contributed by atoms with van der Waals surface area (Å²) in [5.41, 5.74) is 2.16. The Balaban J connectivity index is 0.00000163. The summed E-state index contributed by atoms with van der Waals surface area (Å²) in [6, 6.07) is 3.43. The second-order valence-corrected chi connectivity index (χ2v) is 5.70. The summed E-state index contributed by atoms with van der Waals surface area (Å²) in [4.78, 5) is 12.2. The van der Waals surface area contributed by atoms with Gasteiger partial charge in [-0.3, -0.25) is 0 Å². The first kappa shape index (κ1) is 21.3. The molecular formula is C22H28O4. The number of esters is 1. The van der Waals surface area contributed by atoms with Gasteiger partial charge in [-0.15, -0.1) is 0 Å². The van der Waals surface area contributed by atoms with Crippen LogP contribution in [0.2, 0.25) is 0 Å². The number of ether oxygens (including phenoxy) is 3. The highest BCUT2D eigenvalue weighted by atomic mass is 16.7. The van der Waals surface area contributed by atoms with Crippen LogP contribution < -0.4 is 9.47 Å². The van der Waals surface area contributed by atoms with E-state index < -0.39 is 11.8 Å². The van der Waals surface area contributed by atoms with E-state index in [0.29, 0.717) is 17.1 Å². The average Bonchev–Trinajstić information content (AvgIpc) is 2.62. The molecule has 0 aromatic heterocycles. The number of hydrogen-bond donors (Lipinski definition) is 0. The Kier molecular flexibility index (Phi) is 7.91. The molecule has 0 aliphatic carbocycles. The van der Waals surface area contributed by atoms with Crippen molar-refractivity contribution in [1.29, 1.82) is 0 Å². The third-order valence-electron chi connectivity index (χ3n) is 3.46. The van der Waals surface area contributed by atoms with Gasteiger partial charge in [0.25, 0.3) is 0 Å². The smallest absolute Gasteiger partial charge is 0.345 e. The second-order valence-electron chi connectivity index (χ2n) is 5.70. The molecule has 0 saturated heterocycles. The van der Waals surface area contributed by atoms with Crippen LogP contribution in [-0.4, -0.2) is 18.9 Å². The first-order chi connectivity index (χ1) is 12.4. The fourth-order valence-electron chi connectivity index (χ4n) is 2.31. The number of benzene rings is 1. The molecule has 0 unspecified atom stereocenters. The van der Waals surface area contributed by atoms with Crippen LogP contribution in [0.5, 0.6) is 11.5 Å². The number of fused-ring (bicyclic) bond motifs is 1. The van der Waals surface area contributed by atoms with Gasteiger partial charge in [0, 0.05) is 25.5 Å². The maximum atomic E-state index is 12.2. The Morgan fingerprint density at radius 1 is 1.19 bits per heavy atom. The molecule has 0 saturated carbocycles. The first-order valence-corrected chi connectivity index (χ1v) is 8.68. The minimum absolute atomic E-state index is 0.387. The predicted octanol–water partition coefficient (Wildman–Crippen LogP) is 5.71. The number of carbonyl (C=O) groups is 1. The molecule has 0 radical (unpaired) electrons. The molecule has 4 heteroatoms. The quantitative estimate of drug-likeness (QED) is 0.501. The average molecular weight is 356 g/mol. The number of cyclic esters (lactones) is 1. The maximum absolute atomic E-state index is 12.2. The van der Waals surface area contributed by atoms with Gasteiger partial charge in [0.15, 0.2) is 0 Å². The molecule has 26 heavy (non-hydrogen) atoms. The Labute approximate surface area is 156 Å². The zero-order chi connectivity index (χ0) is 19.7. The standard InChI is InChI=1S/C20H22O4.C2H6/c1-6-8-9-14(7-2)10-11-15-12-16-18(13-17(15)22-5)23-20(3,4)24-19(16)21;1-2/h6-13H,1H2,2-5H3;1-2H3/b9-8-,11-10?,14-7+;. The van der Waals surface area contributed by atoms with Crippen molar-refractivity contribution in [1.82, 2.24) is 0 Å². The van der Waals surface area contributed by atoms with Crippen molar-refractivity contribution in [3.05, 3.63) is 65.8 Å². The van der Waals surface area contributed by atoms with Crippen molar-refractivity contribution >= 4 is 12.0 Å². The molecular weight excluding hydrogens is 328 g/mol. The highest BCUT2D eigenvalue weighted by Gasteiger charge is 2.34. The van der Waals surface area contributed by atoms with Crippen LogP contribution in [0.4, 0.5) is 0 Å². The van der Waals surface area contributed by atoms with Crippen molar-refractivity contribution in [3.8, 4) is 11.5 Å². The van der Waals surface area contributed by atoms with Crippen molar-refractivity contribution in [2.24, 2.45) is 0 Å². The zero-order valence-corrected chi connectivity index (χ0v) is 16.5. The van der Waals surface area contributed by atoms with E-state index in [4.69, 9.17) is 14.2 Å². The van der Waals surface area contributed by atoms with Crippen molar-refractivity contribution in [3.63, 3.8) is 0 Å². The lowest BCUT2D eigenvalue weighted by Gasteiger charge is -2.32. The minimum atomic E-state index is -0.986. The Bertz CT molecular complexity index is 737. The van der Waals surface area contributed by atoms with Gasteiger partial charge in [-0.25, -0.2) is 4.79 Å². The molecule has 0 amide bonds. The van der Waals surface area contributed by atoms with Gasteiger partial charge in [-0.2, -0.15) is 0 Å². The number of carbonyl (C=O) groups excluding carboxylic acids is 1. The Morgan fingerprint density at radius 2 is 1.88 bits per heavy atom. The predicted molar refractivity (Wildman–Crippen MR) is 107 cm³/mol. The van der Waals surface area contributed by atoms with E-state index in [-0.39, 0.29) is 0 Å².